The number of aromatic nitrogens is 4. The SMILES string of the molecule is Cl.NS(=O)(=O)c1ccc(-n2nc(C(F)(F)F)cc2-c2cc(Cl)c(-c3cncs3)c(Cl)c2)cn1. The second-order valence-corrected chi connectivity index (χ2v) is 9.61. The van der Waals surface area contributed by atoms with Crippen LogP contribution in [0.1, 0.15) is 5.69 Å². The number of benzene rings is 1. The third-order valence-electron chi connectivity index (χ3n) is 4.27. The van der Waals surface area contributed by atoms with Crippen LogP contribution in [0.25, 0.3) is 27.4 Å². The smallest absolute Gasteiger partial charge is 0.252 e. The molecule has 4 aromatic rings. The molecule has 0 amide bonds. The zero-order valence-electron chi connectivity index (χ0n) is 15.9. The first-order valence-corrected chi connectivity index (χ1v) is 11.7. The van der Waals surface area contributed by atoms with E-state index in [4.69, 9.17) is 28.3 Å². The fourth-order valence-corrected chi connectivity index (χ4v) is 4.84. The Bertz CT molecular complexity index is 1380. The van der Waals surface area contributed by atoms with E-state index in [0.29, 0.717) is 10.4 Å². The number of pyridine rings is 1. The number of nitrogens with zero attached hydrogens (tertiary/aromatic N) is 4. The van der Waals surface area contributed by atoms with Crippen molar-refractivity contribution in [3.63, 3.8) is 0 Å². The van der Waals surface area contributed by atoms with Crippen LogP contribution in [0.3, 0.4) is 0 Å². The van der Waals surface area contributed by atoms with Crippen molar-refractivity contribution in [2.45, 2.75) is 11.2 Å². The van der Waals surface area contributed by atoms with Gasteiger partial charge in [0, 0.05) is 17.3 Å². The van der Waals surface area contributed by atoms with Gasteiger partial charge in [-0.25, -0.2) is 23.2 Å². The molecule has 0 aliphatic rings. The number of thiazole rings is 1. The van der Waals surface area contributed by atoms with Gasteiger partial charge in [-0.3, -0.25) is 4.98 Å². The average Bonchev–Trinajstić information content (AvgIpc) is 3.37. The van der Waals surface area contributed by atoms with Gasteiger partial charge in [0.25, 0.3) is 10.0 Å². The van der Waals surface area contributed by atoms with Crippen molar-refractivity contribution in [2.75, 3.05) is 0 Å². The number of sulfonamides is 1. The van der Waals surface area contributed by atoms with Crippen LogP contribution in [0.5, 0.6) is 0 Å². The summed E-state index contributed by atoms with van der Waals surface area (Å²) in [6.45, 7) is 0. The Morgan fingerprint density at radius 1 is 1.06 bits per heavy atom. The van der Waals surface area contributed by atoms with Gasteiger partial charge in [-0.1, -0.05) is 23.2 Å². The Kier molecular flexibility index (Phi) is 7.08. The molecule has 0 saturated carbocycles. The van der Waals surface area contributed by atoms with Crippen LogP contribution >= 0.6 is 46.9 Å². The molecule has 1 aromatic carbocycles. The van der Waals surface area contributed by atoms with Crippen LogP contribution in [0.2, 0.25) is 10.0 Å². The molecule has 0 atom stereocenters. The van der Waals surface area contributed by atoms with Crippen molar-refractivity contribution >= 4 is 57.0 Å². The van der Waals surface area contributed by atoms with E-state index < -0.39 is 26.9 Å². The maximum Gasteiger partial charge on any atom is 0.435 e. The zero-order chi connectivity index (χ0) is 23.3. The Balaban J connectivity index is 0.00000306. The lowest BCUT2D eigenvalue weighted by Gasteiger charge is -2.11. The lowest BCUT2D eigenvalue weighted by molar-refractivity contribution is -0.141. The second kappa shape index (κ2) is 9.20. The largest absolute Gasteiger partial charge is 0.435 e. The number of hydrogen-bond donors (Lipinski definition) is 1. The molecule has 0 unspecified atom stereocenters. The summed E-state index contributed by atoms with van der Waals surface area (Å²) < 4.78 is 64.0. The highest BCUT2D eigenvalue weighted by molar-refractivity contribution is 7.89. The topological polar surface area (TPSA) is 104 Å². The van der Waals surface area contributed by atoms with E-state index in [2.05, 4.69) is 15.1 Å². The summed E-state index contributed by atoms with van der Waals surface area (Å²) in [6.07, 6.45) is -2.11. The van der Waals surface area contributed by atoms with Crippen LogP contribution in [-0.2, 0) is 16.2 Å². The van der Waals surface area contributed by atoms with Crippen molar-refractivity contribution in [1.82, 2.24) is 19.7 Å². The lowest BCUT2D eigenvalue weighted by Crippen LogP contribution is -2.14. The highest BCUT2D eigenvalue weighted by Gasteiger charge is 2.35. The molecule has 4 rings (SSSR count). The number of rotatable bonds is 4. The average molecular weight is 557 g/mol. The Hall–Kier alpha value is -2.22. The van der Waals surface area contributed by atoms with Crippen LogP contribution < -0.4 is 5.14 Å². The number of halogens is 6. The molecular weight excluding hydrogens is 546 g/mol. The first-order valence-electron chi connectivity index (χ1n) is 8.50. The van der Waals surface area contributed by atoms with E-state index in [1.165, 1.54) is 29.5 Å². The van der Waals surface area contributed by atoms with E-state index in [1.54, 1.807) is 11.7 Å². The summed E-state index contributed by atoms with van der Waals surface area (Å²) in [5.41, 5.74) is 1.27. The normalized spacial score (nSPS) is 11.9. The van der Waals surface area contributed by atoms with Crippen molar-refractivity contribution in [1.29, 1.82) is 0 Å². The predicted molar refractivity (Wildman–Crippen MR) is 122 cm³/mol. The summed E-state index contributed by atoms with van der Waals surface area (Å²) in [7, 11) is -4.08. The number of alkyl halides is 3. The van der Waals surface area contributed by atoms with Crippen LogP contribution in [0, 0.1) is 0 Å². The molecule has 0 radical (unpaired) electrons. The maximum atomic E-state index is 13.4. The molecule has 0 fully saturated rings. The fraction of sp³-hybridized carbons (Fsp3) is 0.0556. The number of nitrogens with two attached hydrogens (primary N) is 1. The Morgan fingerprint density at radius 2 is 1.73 bits per heavy atom. The van der Waals surface area contributed by atoms with Crippen molar-refractivity contribution in [3.8, 4) is 27.4 Å². The highest BCUT2D eigenvalue weighted by atomic mass is 35.5. The molecule has 0 aliphatic carbocycles. The first kappa shape index (κ1) is 25.4. The van der Waals surface area contributed by atoms with E-state index >= 15 is 0 Å². The molecule has 0 aliphatic heterocycles. The van der Waals surface area contributed by atoms with Gasteiger partial charge in [0.1, 0.15) is 0 Å². The maximum absolute atomic E-state index is 13.4. The molecule has 0 saturated heterocycles. The van der Waals surface area contributed by atoms with E-state index in [9.17, 15) is 21.6 Å². The standard InChI is InChI=1S/C18H10Cl2F3N5O2S2.ClH/c19-11-3-9(4-12(20)17(11)14-7-25-8-31-14)13-5-15(18(21,22)23)27-28(13)10-1-2-16(26-6-10)32(24,29)30;/h1-8H,(H2,24,29,30);1H. The third kappa shape index (κ3) is 5.15. The van der Waals surface area contributed by atoms with Crippen molar-refractivity contribution in [2.24, 2.45) is 5.14 Å². The zero-order valence-corrected chi connectivity index (χ0v) is 19.9. The Labute approximate surface area is 205 Å². The predicted octanol–water partition coefficient (Wildman–Crippen LogP) is 5.45. The van der Waals surface area contributed by atoms with E-state index in [-0.39, 0.29) is 39.4 Å². The van der Waals surface area contributed by atoms with Crippen molar-refractivity contribution in [3.05, 3.63) is 64.0 Å². The van der Waals surface area contributed by atoms with Gasteiger partial charge in [-0.05, 0) is 30.3 Å². The molecule has 3 heterocycles. The van der Waals surface area contributed by atoms with Crippen LogP contribution in [0.4, 0.5) is 13.2 Å². The van der Waals surface area contributed by atoms with E-state index in [1.807, 2.05) is 0 Å². The summed E-state index contributed by atoms with van der Waals surface area (Å²) in [5, 5.41) is 8.63. The monoisotopic (exact) mass is 555 g/mol. The quantitative estimate of drug-likeness (QED) is 0.360. The van der Waals surface area contributed by atoms with E-state index in [0.717, 1.165) is 23.0 Å². The molecular formula is C18H11Cl3F3N5O2S2. The molecule has 174 valence electrons. The minimum absolute atomic E-state index is 0. The molecule has 3 aromatic heterocycles. The second-order valence-electron chi connectivity index (χ2n) is 6.40. The van der Waals surface area contributed by atoms with Crippen molar-refractivity contribution < 1.29 is 21.6 Å². The van der Waals surface area contributed by atoms with Gasteiger partial charge in [-0.2, -0.15) is 18.3 Å². The fourth-order valence-electron chi connectivity index (χ4n) is 2.88. The molecule has 15 heteroatoms. The third-order valence-corrected chi connectivity index (χ3v) is 6.48. The summed E-state index contributed by atoms with van der Waals surface area (Å²) in [5.74, 6) is 0. The van der Waals surface area contributed by atoms with Crippen LogP contribution in [-0.4, -0.2) is 28.2 Å². The van der Waals surface area contributed by atoms with Gasteiger partial charge in [0.2, 0.25) is 0 Å². The minimum Gasteiger partial charge on any atom is -0.252 e. The number of primary sulfonamides is 1. The molecule has 7 nitrogen and oxygen atoms in total. The molecule has 2 N–H and O–H groups in total. The minimum atomic E-state index is -4.73. The van der Waals surface area contributed by atoms with Gasteiger partial charge in [0.15, 0.2) is 10.7 Å². The lowest BCUT2D eigenvalue weighted by atomic mass is 10.1. The summed E-state index contributed by atoms with van der Waals surface area (Å²) >= 11 is 14.1. The van der Waals surface area contributed by atoms with Gasteiger partial charge < -0.3 is 0 Å². The van der Waals surface area contributed by atoms with Crippen LogP contribution in [0.15, 0.2) is 53.3 Å². The molecule has 33 heavy (non-hydrogen) atoms. The number of hydrogen-bond acceptors (Lipinski definition) is 6. The molecule has 0 spiro atoms. The molecule has 0 bridgehead atoms. The summed E-state index contributed by atoms with van der Waals surface area (Å²) in [4.78, 5) is 8.37. The first-order chi connectivity index (χ1) is 14.9. The van der Waals surface area contributed by atoms with Gasteiger partial charge in [-0.15, -0.1) is 23.7 Å². The van der Waals surface area contributed by atoms with Gasteiger partial charge in [0.05, 0.1) is 38.0 Å². The highest BCUT2D eigenvalue weighted by Crippen LogP contribution is 2.41. The Morgan fingerprint density at radius 3 is 2.21 bits per heavy atom. The summed E-state index contributed by atoms with van der Waals surface area (Å²) in [6, 6.07) is 6.06. The van der Waals surface area contributed by atoms with Gasteiger partial charge >= 0.3 is 6.18 Å².